The second-order valence-corrected chi connectivity index (χ2v) is 3.22. The molecule has 0 aliphatic rings. The Morgan fingerprint density at radius 3 is 2.42 bits per heavy atom. The van der Waals surface area contributed by atoms with Crippen LogP contribution in [0.4, 0.5) is 10.1 Å². The first kappa shape index (κ1) is 8.84. The molecule has 0 heterocycles. The molecule has 3 N–H and O–H groups in total. The fourth-order valence-corrected chi connectivity index (χ4v) is 1.04. The fourth-order valence-electron chi connectivity index (χ4n) is 1.04. The number of halogens is 1. The molecule has 0 radical (unpaired) electrons. The van der Waals surface area contributed by atoms with Gasteiger partial charge in [0.15, 0.2) is 0 Å². The predicted octanol–water partition coefficient (Wildman–Crippen LogP) is 2.18. The zero-order chi connectivity index (χ0) is 9.35. The van der Waals surface area contributed by atoms with Crippen LogP contribution >= 0.6 is 0 Å². The maximum absolute atomic E-state index is 13.3. The average molecular weight is 169 g/mol. The SMILES string of the molecule is CC(C)(F)c1cccc(N)c1O. The summed E-state index contributed by atoms with van der Waals surface area (Å²) in [6, 6.07) is 4.67. The van der Waals surface area contributed by atoms with Crippen LogP contribution in [0.25, 0.3) is 0 Å². The zero-order valence-corrected chi connectivity index (χ0v) is 7.13. The monoisotopic (exact) mass is 169 g/mol. The second-order valence-electron chi connectivity index (χ2n) is 3.22. The molecule has 0 spiro atoms. The quantitative estimate of drug-likeness (QED) is 0.500. The van der Waals surface area contributed by atoms with Crippen molar-refractivity contribution in [1.82, 2.24) is 0 Å². The van der Waals surface area contributed by atoms with Crippen molar-refractivity contribution in [2.75, 3.05) is 5.73 Å². The first-order valence-electron chi connectivity index (χ1n) is 3.70. The van der Waals surface area contributed by atoms with E-state index in [0.717, 1.165) is 0 Å². The maximum atomic E-state index is 13.3. The summed E-state index contributed by atoms with van der Waals surface area (Å²) in [6.07, 6.45) is 0. The fraction of sp³-hybridized carbons (Fsp3) is 0.333. The highest BCUT2D eigenvalue weighted by atomic mass is 19.1. The third-order valence-corrected chi connectivity index (χ3v) is 1.71. The van der Waals surface area contributed by atoms with Crippen molar-refractivity contribution < 1.29 is 9.50 Å². The van der Waals surface area contributed by atoms with Crippen LogP contribution in [0.5, 0.6) is 5.75 Å². The summed E-state index contributed by atoms with van der Waals surface area (Å²) in [5.41, 5.74) is 4.28. The van der Waals surface area contributed by atoms with Crippen LogP contribution in [-0.2, 0) is 5.67 Å². The minimum atomic E-state index is -1.56. The molecule has 0 aliphatic heterocycles. The van der Waals surface area contributed by atoms with E-state index in [9.17, 15) is 9.50 Å². The van der Waals surface area contributed by atoms with Crippen LogP contribution in [0.1, 0.15) is 19.4 Å². The molecule has 0 saturated carbocycles. The van der Waals surface area contributed by atoms with Crippen molar-refractivity contribution in [3.63, 3.8) is 0 Å². The summed E-state index contributed by atoms with van der Waals surface area (Å²) in [5, 5.41) is 9.37. The van der Waals surface area contributed by atoms with Crippen molar-refractivity contribution in [2.24, 2.45) is 0 Å². The number of alkyl halides is 1. The molecule has 0 amide bonds. The molecule has 1 aromatic carbocycles. The van der Waals surface area contributed by atoms with Crippen molar-refractivity contribution in [2.45, 2.75) is 19.5 Å². The molecule has 0 atom stereocenters. The molecular formula is C9H12FNO. The lowest BCUT2D eigenvalue weighted by Crippen LogP contribution is -2.09. The minimum absolute atomic E-state index is 0.162. The highest BCUT2D eigenvalue weighted by molar-refractivity contribution is 5.57. The van der Waals surface area contributed by atoms with Crippen LogP contribution in [-0.4, -0.2) is 5.11 Å². The third-order valence-electron chi connectivity index (χ3n) is 1.71. The van der Waals surface area contributed by atoms with Gasteiger partial charge in [-0.1, -0.05) is 12.1 Å². The average Bonchev–Trinajstić information content (AvgIpc) is 1.92. The van der Waals surface area contributed by atoms with Gasteiger partial charge < -0.3 is 10.8 Å². The smallest absolute Gasteiger partial charge is 0.144 e. The molecule has 66 valence electrons. The van der Waals surface area contributed by atoms with Gasteiger partial charge in [-0.15, -0.1) is 0 Å². The van der Waals surface area contributed by atoms with Gasteiger partial charge in [0.2, 0.25) is 0 Å². The Kier molecular flexibility index (Phi) is 1.96. The summed E-state index contributed by atoms with van der Waals surface area (Å²) < 4.78 is 13.3. The van der Waals surface area contributed by atoms with Gasteiger partial charge in [-0.25, -0.2) is 4.39 Å². The molecule has 2 nitrogen and oxygen atoms in total. The van der Waals surface area contributed by atoms with Gasteiger partial charge in [-0.3, -0.25) is 0 Å². The van der Waals surface area contributed by atoms with Crippen LogP contribution in [0.2, 0.25) is 0 Å². The lowest BCUT2D eigenvalue weighted by atomic mass is 9.98. The third kappa shape index (κ3) is 1.49. The Balaban J connectivity index is 3.26. The predicted molar refractivity (Wildman–Crippen MR) is 46.7 cm³/mol. The number of para-hydroxylation sites is 1. The number of aromatic hydroxyl groups is 1. The summed E-state index contributed by atoms with van der Waals surface area (Å²) in [7, 11) is 0. The maximum Gasteiger partial charge on any atom is 0.144 e. The number of hydrogen-bond acceptors (Lipinski definition) is 2. The van der Waals surface area contributed by atoms with E-state index in [-0.39, 0.29) is 17.0 Å². The first-order valence-corrected chi connectivity index (χ1v) is 3.70. The Labute approximate surface area is 70.8 Å². The number of hydrogen-bond donors (Lipinski definition) is 2. The van der Waals surface area contributed by atoms with E-state index < -0.39 is 5.67 Å². The molecular weight excluding hydrogens is 157 g/mol. The van der Waals surface area contributed by atoms with E-state index in [4.69, 9.17) is 5.73 Å². The van der Waals surface area contributed by atoms with Crippen molar-refractivity contribution in [3.8, 4) is 5.75 Å². The highest BCUT2D eigenvalue weighted by Crippen LogP contribution is 2.35. The molecule has 0 saturated heterocycles. The van der Waals surface area contributed by atoms with Gasteiger partial charge in [0, 0.05) is 5.56 Å². The van der Waals surface area contributed by atoms with Crippen LogP contribution < -0.4 is 5.73 Å². The molecule has 12 heavy (non-hydrogen) atoms. The highest BCUT2D eigenvalue weighted by Gasteiger charge is 2.23. The molecule has 0 fully saturated rings. The van der Waals surface area contributed by atoms with Gasteiger partial charge in [0.05, 0.1) is 5.69 Å². The topological polar surface area (TPSA) is 46.2 Å². The van der Waals surface area contributed by atoms with E-state index >= 15 is 0 Å². The second kappa shape index (κ2) is 2.66. The van der Waals surface area contributed by atoms with E-state index in [0.29, 0.717) is 0 Å². The van der Waals surface area contributed by atoms with Crippen LogP contribution in [0.3, 0.4) is 0 Å². The number of phenols is 1. The Hall–Kier alpha value is -1.25. The Morgan fingerprint density at radius 1 is 1.42 bits per heavy atom. The van der Waals surface area contributed by atoms with Gasteiger partial charge in [0.1, 0.15) is 11.4 Å². The molecule has 3 heteroatoms. The standard InChI is InChI=1S/C9H12FNO/c1-9(2,10)6-4-3-5-7(11)8(6)12/h3-5,12H,11H2,1-2H3. The van der Waals surface area contributed by atoms with Crippen molar-refractivity contribution in [1.29, 1.82) is 0 Å². The normalized spacial score (nSPS) is 11.6. The zero-order valence-electron chi connectivity index (χ0n) is 7.13. The molecule has 1 rings (SSSR count). The minimum Gasteiger partial charge on any atom is -0.505 e. The Morgan fingerprint density at radius 2 is 2.00 bits per heavy atom. The van der Waals surface area contributed by atoms with Gasteiger partial charge in [-0.2, -0.15) is 0 Å². The van der Waals surface area contributed by atoms with Gasteiger partial charge >= 0.3 is 0 Å². The number of nitrogens with two attached hydrogens (primary N) is 1. The number of anilines is 1. The number of rotatable bonds is 1. The summed E-state index contributed by atoms with van der Waals surface area (Å²) >= 11 is 0. The van der Waals surface area contributed by atoms with Gasteiger partial charge in [-0.05, 0) is 19.9 Å². The lowest BCUT2D eigenvalue weighted by Gasteiger charge is -2.16. The van der Waals surface area contributed by atoms with E-state index in [2.05, 4.69) is 0 Å². The summed E-state index contributed by atoms with van der Waals surface area (Å²) in [4.78, 5) is 0. The van der Waals surface area contributed by atoms with E-state index in [1.54, 1.807) is 6.07 Å². The molecule has 1 aromatic rings. The summed E-state index contributed by atoms with van der Waals surface area (Å²) in [6.45, 7) is 2.75. The molecule has 0 aliphatic carbocycles. The Bertz CT molecular complexity index is 291. The van der Waals surface area contributed by atoms with Gasteiger partial charge in [0.25, 0.3) is 0 Å². The number of benzene rings is 1. The van der Waals surface area contributed by atoms with Crippen molar-refractivity contribution >= 4 is 5.69 Å². The first-order chi connectivity index (χ1) is 5.43. The molecule has 0 unspecified atom stereocenters. The largest absolute Gasteiger partial charge is 0.505 e. The molecule has 0 bridgehead atoms. The molecule has 0 aromatic heterocycles. The number of nitrogen functional groups attached to an aromatic ring is 1. The van der Waals surface area contributed by atoms with Crippen LogP contribution in [0, 0.1) is 0 Å². The van der Waals surface area contributed by atoms with E-state index in [1.807, 2.05) is 0 Å². The van der Waals surface area contributed by atoms with Crippen molar-refractivity contribution in [3.05, 3.63) is 23.8 Å². The lowest BCUT2D eigenvalue weighted by molar-refractivity contribution is 0.215. The summed E-state index contributed by atoms with van der Waals surface area (Å²) in [5.74, 6) is -0.162. The number of phenolic OH excluding ortho intramolecular Hbond substituents is 1. The van der Waals surface area contributed by atoms with Crippen LogP contribution in [0.15, 0.2) is 18.2 Å². The van der Waals surface area contributed by atoms with E-state index in [1.165, 1.54) is 26.0 Å².